The molecule has 0 aromatic heterocycles. The third-order valence-corrected chi connectivity index (χ3v) is 4.69. The molecule has 0 radical (unpaired) electrons. The summed E-state index contributed by atoms with van der Waals surface area (Å²) in [5.74, 6) is 0.964. The predicted molar refractivity (Wildman–Crippen MR) is 88.2 cm³/mol. The van der Waals surface area contributed by atoms with E-state index in [0.29, 0.717) is 18.1 Å². The van der Waals surface area contributed by atoms with Gasteiger partial charge in [0.25, 0.3) is 5.91 Å². The second kappa shape index (κ2) is 6.52. The standard InChI is InChI=1S/C17H17NO5S/c1-24(20,21)14-6-4-5-12(9-14)17(19)18-10-13-11-22-15-7-2-3-8-16(15)23-13/h2-9,13H,10-11H2,1H3,(H,18,19)/t13-/m1/s1. The lowest BCUT2D eigenvalue weighted by atomic mass is 10.2. The molecule has 1 heterocycles. The van der Waals surface area contributed by atoms with Crippen molar-refractivity contribution >= 4 is 15.7 Å². The maximum absolute atomic E-state index is 12.2. The molecule has 1 atom stereocenters. The van der Waals surface area contributed by atoms with Crippen molar-refractivity contribution in [2.45, 2.75) is 11.0 Å². The molecule has 2 aromatic rings. The van der Waals surface area contributed by atoms with Crippen LogP contribution in [0.3, 0.4) is 0 Å². The smallest absolute Gasteiger partial charge is 0.251 e. The van der Waals surface area contributed by atoms with Crippen LogP contribution in [0.5, 0.6) is 11.5 Å². The van der Waals surface area contributed by atoms with Crippen LogP contribution in [0.2, 0.25) is 0 Å². The van der Waals surface area contributed by atoms with Crippen molar-refractivity contribution < 1.29 is 22.7 Å². The van der Waals surface area contributed by atoms with Crippen LogP contribution in [-0.2, 0) is 9.84 Å². The van der Waals surface area contributed by atoms with Gasteiger partial charge < -0.3 is 14.8 Å². The van der Waals surface area contributed by atoms with Crippen molar-refractivity contribution in [3.63, 3.8) is 0 Å². The zero-order valence-electron chi connectivity index (χ0n) is 13.1. The first-order chi connectivity index (χ1) is 11.4. The second-order valence-electron chi connectivity index (χ2n) is 5.51. The number of sulfone groups is 1. The summed E-state index contributed by atoms with van der Waals surface area (Å²) in [6.07, 6.45) is 0.802. The number of nitrogens with one attached hydrogen (secondary N) is 1. The maximum atomic E-state index is 12.2. The Morgan fingerprint density at radius 2 is 1.92 bits per heavy atom. The van der Waals surface area contributed by atoms with Crippen molar-refractivity contribution in [1.82, 2.24) is 5.32 Å². The Balaban J connectivity index is 1.63. The summed E-state index contributed by atoms with van der Waals surface area (Å²) < 4.78 is 34.5. The van der Waals surface area contributed by atoms with Gasteiger partial charge in [0.1, 0.15) is 12.7 Å². The molecule has 0 bridgehead atoms. The van der Waals surface area contributed by atoms with E-state index < -0.39 is 9.84 Å². The van der Waals surface area contributed by atoms with E-state index in [1.54, 1.807) is 18.2 Å². The molecular weight excluding hydrogens is 330 g/mol. The second-order valence-corrected chi connectivity index (χ2v) is 7.52. The Kier molecular flexibility index (Phi) is 4.44. The van der Waals surface area contributed by atoms with Crippen LogP contribution >= 0.6 is 0 Å². The maximum Gasteiger partial charge on any atom is 0.251 e. The highest BCUT2D eigenvalue weighted by molar-refractivity contribution is 7.90. The summed E-state index contributed by atoms with van der Waals surface area (Å²) >= 11 is 0. The molecule has 7 heteroatoms. The fourth-order valence-electron chi connectivity index (χ4n) is 2.34. The van der Waals surface area contributed by atoms with Gasteiger partial charge in [-0.1, -0.05) is 18.2 Å². The highest BCUT2D eigenvalue weighted by Gasteiger charge is 2.21. The predicted octanol–water partition coefficient (Wildman–Crippen LogP) is 1.66. The number of hydrogen-bond acceptors (Lipinski definition) is 5. The summed E-state index contributed by atoms with van der Waals surface area (Å²) in [6, 6.07) is 13.3. The van der Waals surface area contributed by atoms with Crippen LogP contribution in [0.15, 0.2) is 53.4 Å². The van der Waals surface area contributed by atoms with Crippen LogP contribution in [0.1, 0.15) is 10.4 Å². The van der Waals surface area contributed by atoms with E-state index in [0.717, 1.165) is 6.26 Å². The van der Waals surface area contributed by atoms with E-state index in [2.05, 4.69) is 5.32 Å². The first kappa shape index (κ1) is 16.3. The van der Waals surface area contributed by atoms with E-state index in [-0.39, 0.29) is 29.0 Å². The van der Waals surface area contributed by atoms with Crippen molar-refractivity contribution in [3.8, 4) is 11.5 Å². The molecular formula is C17H17NO5S. The lowest BCUT2D eigenvalue weighted by molar-refractivity contribution is 0.0789. The molecule has 126 valence electrons. The molecule has 1 N–H and O–H groups in total. The molecule has 24 heavy (non-hydrogen) atoms. The molecule has 0 spiro atoms. The minimum Gasteiger partial charge on any atom is -0.486 e. The number of carbonyl (C=O) groups excluding carboxylic acids is 1. The van der Waals surface area contributed by atoms with Gasteiger partial charge in [-0.3, -0.25) is 4.79 Å². The number of benzene rings is 2. The first-order valence-corrected chi connectivity index (χ1v) is 9.29. The summed E-state index contributed by atoms with van der Waals surface area (Å²) in [6.45, 7) is 0.594. The van der Waals surface area contributed by atoms with Gasteiger partial charge in [0.15, 0.2) is 21.3 Å². The van der Waals surface area contributed by atoms with Gasteiger partial charge >= 0.3 is 0 Å². The van der Waals surface area contributed by atoms with Crippen LogP contribution < -0.4 is 14.8 Å². The Labute approximate surface area is 140 Å². The van der Waals surface area contributed by atoms with Crippen LogP contribution in [-0.4, -0.2) is 39.8 Å². The Morgan fingerprint density at radius 3 is 2.67 bits per heavy atom. The average Bonchev–Trinajstić information content (AvgIpc) is 2.59. The normalized spacial score (nSPS) is 16.5. The van der Waals surface area contributed by atoms with Crippen molar-refractivity contribution in [2.24, 2.45) is 0 Å². The number of para-hydroxylation sites is 2. The van der Waals surface area contributed by atoms with Crippen molar-refractivity contribution in [3.05, 3.63) is 54.1 Å². The van der Waals surface area contributed by atoms with Gasteiger partial charge in [-0.2, -0.15) is 0 Å². The molecule has 0 saturated heterocycles. The minimum atomic E-state index is -3.35. The fraction of sp³-hybridized carbons (Fsp3) is 0.235. The van der Waals surface area contributed by atoms with E-state index in [1.165, 1.54) is 12.1 Å². The molecule has 0 fully saturated rings. The Morgan fingerprint density at radius 1 is 1.17 bits per heavy atom. The largest absolute Gasteiger partial charge is 0.486 e. The quantitative estimate of drug-likeness (QED) is 0.910. The molecule has 1 aliphatic rings. The van der Waals surface area contributed by atoms with E-state index in [9.17, 15) is 13.2 Å². The van der Waals surface area contributed by atoms with Gasteiger partial charge in [-0.15, -0.1) is 0 Å². The number of rotatable bonds is 4. The number of hydrogen-bond donors (Lipinski definition) is 1. The summed E-state index contributed by atoms with van der Waals surface area (Å²) in [5.41, 5.74) is 0.287. The summed E-state index contributed by atoms with van der Waals surface area (Å²) in [7, 11) is -3.35. The number of carbonyl (C=O) groups is 1. The molecule has 2 aromatic carbocycles. The molecule has 3 rings (SSSR count). The molecule has 0 saturated carbocycles. The molecule has 6 nitrogen and oxygen atoms in total. The Bertz CT molecular complexity index is 863. The van der Waals surface area contributed by atoms with Crippen LogP contribution in [0.25, 0.3) is 0 Å². The van der Waals surface area contributed by atoms with Crippen molar-refractivity contribution in [1.29, 1.82) is 0 Å². The number of amides is 1. The molecule has 0 unspecified atom stereocenters. The monoisotopic (exact) mass is 347 g/mol. The minimum absolute atomic E-state index is 0.112. The van der Waals surface area contributed by atoms with Gasteiger partial charge in [-0.05, 0) is 30.3 Å². The van der Waals surface area contributed by atoms with Gasteiger partial charge in [0, 0.05) is 11.8 Å². The number of ether oxygens (including phenoxy) is 2. The van der Waals surface area contributed by atoms with Crippen molar-refractivity contribution in [2.75, 3.05) is 19.4 Å². The summed E-state index contributed by atoms with van der Waals surface area (Å²) in [5, 5.41) is 2.74. The average molecular weight is 347 g/mol. The lowest BCUT2D eigenvalue weighted by Crippen LogP contribution is -2.40. The molecule has 1 aliphatic heterocycles. The third kappa shape index (κ3) is 3.68. The zero-order chi connectivity index (χ0) is 17.2. The van der Waals surface area contributed by atoms with Gasteiger partial charge in [0.2, 0.25) is 0 Å². The topological polar surface area (TPSA) is 81.7 Å². The fourth-order valence-corrected chi connectivity index (χ4v) is 3.01. The summed E-state index contributed by atoms with van der Waals surface area (Å²) in [4.78, 5) is 12.3. The highest BCUT2D eigenvalue weighted by Crippen LogP contribution is 2.30. The highest BCUT2D eigenvalue weighted by atomic mass is 32.2. The Hall–Kier alpha value is -2.54. The SMILES string of the molecule is CS(=O)(=O)c1cccc(C(=O)NC[C@@H]2COc3ccccc3O2)c1. The van der Waals surface area contributed by atoms with E-state index in [4.69, 9.17) is 9.47 Å². The first-order valence-electron chi connectivity index (χ1n) is 7.40. The van der Waals surface area contributed by atoms with Gasteiger partial charge in [-0.25, -0.2) is 8.42 Å². The number of fused-ring (bicyclic) bond motifs is 1. The third-order valence-electron chi connectivity index (χ3n) is 3.58. The van der Waals surface area contributed by atoms with Crippen LogP contribution in [0.4, 0.5) is 0 Å². The lowest BCUT2D eigenvalue weighted by Gasteiger charge is -2.26. The molecule has 0 aliphatic carbocycles. The van der Waals surface area contributed by atoms with Crippen LogP contribution in [0, 0.1) is 0 Å². The zero-order valence-corrected chi connectivity index (χ0v) is 13.9. The van der Waals surface area contributed by atoms with E-state index >= 15 is 0 Å². The van der Waals surface area contributed by atoms with E-state index in [1.807, 2.05) is 18.2 Å². The van der Waals surface area contributed by atoms with Gasteiger partial charge in [0.05, 0.1) is 11.4 Å². The molecule has 1 amide bonds.